The van der Waals surface area contributed by atoms with Crippen molar-refractivity contribution >= 4 is 64.1 Å². The van der Waals surface area contributed by atoms with Crippen molar-refractivity contribution in [2.45, 2.75) is 0 Å². The summed E-state index contributed by atoms with van der Waals surface area (Å²) in [5, 5.41) is 7.51. The minimum Gasteiger partial charge on any atom is -0.277 e. The molecule has 0 aliphatic heterocycles. The maximum Gasteiger partial charge on any atom is 0.238 e. The number of para-hydroxylation sites is 2. The fourth-order valence-corrected chi connectivity index (χ4v) is 8.23. The van der Waals surface area contributed by atoms with Crippen molar-refractivity contribution < 1.29 is 0 Å². The van der Waals surface area contributed by atoms with Gasteiger partial charge in [0.25, 0.3) is 0 Å². The Hall–Kier alpha value is -6.17. The lowest BCUT2D eigenvalue weighted by molar-refractivity contribution is 0.954. The van der Waals surface area contributed by atoms with E-state index >= 15 is 0 Å². The molecule has 3 heterocycles. The van der Waals surface area contributed by atoms with Crippen LogP contribution in [0.15, 0.2) is 158 Å². The fraction of sp³-hybridized carbons (Fsp3) is 0. The number of benzene rings is 7. The van der Waals surface area contributed by atoms with Gasteiger partial charge in [0.15, 0.2) is 11.6 Å². The molecule has 0 saturated heterocycles. The number of nitrogens with zero attached hydrogens (tertiary/aromatic N) is 4. The highest BCUT2D eigenvalue weighted by Crippen LogP contribution is 2.42. The van der Waals surface area contributed by atoms with E-state index in [1.807, 2.05) is 47.7 Å². The van der Waals surface area contributed by atoms with E-state index in [0.29, 0.717) is 17.6 Å². The summed E-state index contributed by atoms with van der Waals surface area (Å²) >= 11 is 1.86. The Morgan fingerprint density at radius 2 is 1.10 bits per heavy atom. The van der Waals surface area contributed by atoms with Crippen LogP contribution in [0.3, 0.4) is 0 Å². The van der Waals surface area contributed by atoms with Gasteiger partial charge in [-0.15, -0.1) is 11.3 Å². The average molecular weight is 631 g/mol. The molecule has 0 aliphatic rings. The van der Waals surface area contributed by atoms with Gasteiger partial charge < -0.3 is 0 Å². The molecule has 0 bridgehead atoms. The lowest BCUT2D eigenvalue weighted by atomic mass is 9.99. The third-order valence-electron chi connectivity index (χ3n) is 9.26. The Morgan fingerprint density at radius 3 is 1.88 bits per heavy atom. The molecule has 0 N–H and O–H groups in total. The minimum atomic E-state index is 0.593. The summed E-state index contributed by atoms with van der Waals surface area (Å²) in [7, 11) is 0. The Balaban J connectivity index is 1.26. The summed E-state index contributed by atoms with van der Waals surface area (Å²) in [5.74, 6) is 1.87. The molecule has 0 amide bonds. The molecular formula is C43H26N4S. The Labute approximate surface area is 280 Å². The molecule has 224 valence electrons. The van der Waals surface area contributed by atoms with Gasteiger partial charge in [-0.3, -0.25) is 4.57 Å². The second kappa shape index (κ2) is 10.7. The molecule has 5 heteroatoms. The van der Waals surface area contributed by atoms with Gasteiger partial charge in [0.05, 0.1) is 11.0 Å². The maximum atomic E-state index is 5.16. The zero-order valence-corrected chi connectivity index (χ0v) is 26.5. The number of hydrogen-bond acceptors (Lipinski definition) is 4. The molecule has 0 radical (unpaired) electrons. The first-order valence-electron chi connectivity index (χ1n) is 16.0. The normalized spacial score (nSPS) is 11.8. The van der Waals surface area contributed by atoms with Gasteiger partial charge in [-0.05, 0) is 34.5 Å². The van der Waals surface area contributed by atoms with E-state index in [-0.39, 0.29) is 0 Å². The number of thiophene rings is 1. The molecule has 0 atom stereocenters. The molecular weight excluding hydrogens is 605 g/mol. The summed E-state index contributed by atoms with van der Waals surface area (Å²) in [5.41, 5.74) is 6.32. The van der Waals surface area contributed by atoms with Crippen LogP contribution in [0.4, 0.5) is 0 Å². The second-order valence-electron chi connectivity index (χ2n) is 12.0. The van der Waals surface area contributed by atoms with Crippen molar-refractivity contribution in [3.05, 3.63) is 158 Å². The highest BCUT2D eigenvalue weighted by atomic mass is 32.1. The molecule has 3 aromatic heterocycles. The number of hydrogen-bond donors (Lipinski definition) is 0. The van der Waals surface area contributed by atoms with E-state index in [1.165, 1.54) is 30.9 Å². The summed E-state index contributed by atoms with van der Waals surface area (Å²) in [6.07, 6.45) is 0. The van der Waals surface area contributed by atoms with Crippen LogP contribution in [0.1, 0.15) is 0 Å². The summed E-state index contributed by atoms with van der Waals surface area (Å²) < 4.78 is 4.81. The molecule has 48 heavy (non-hydrogen) atoms. The van der Waals surface area contributed by atoms with Crippen LogP contribution >= 0.6 is 11.3 Å². The predicted molar refractivity (Wildman–Crippen MR) is 201 cm³/mol. The zero-order valence-electron chi connectivity index (χ0n) is 25.7. The van der Waals surface area contributed by atoms with Gasteiger partial charge in [0.1, 0.15) is 0 Å². The fourth-order valence-electron chi connectivity index (χ4n) is 7.07. The third kappa shape index (κ3) is 4.18. The summed E-state index contributed by atoms with van der Waals surface area (Å²) in [6.45, 7) is 0. The van der Waals surface area contributed by atoms with Crippen LogP contribution in [0, 0.1) is 0 Å². The predicted octanol–water partition coefficient (Wildman–Crippen LogP) is 11.5. The van der Waals surface area contributed by atoms with Crippen molar-refractivity contribution in [1.29, 1.82) is 0 Å². The van der Waals surface area contributed by atoms with Crippen LogP contribution in [0.25, 0.3) is 92.6 Å². The summed E-state index contributed by atoms with van der Waals surface area (Å²) in [4.78, 5) is 15.3. The first kappa shape index (κ1) is 27.0. The molecule has 0 spiro atoms. The first-order chi connectivity index (χ1) is 23.8. The van der Waals surface area contributed by atoms with Gasteiger partial charge in [-0.25, -0.2) is 4.98 Å². The largest absolute Gasteiger partial charge is 0.277 e. The van der Waals surface area contributed by atoms with Gasteiger partial charge in [-0.1, -0.05) is 140 Å². The number of rotatable bonds is 4. The SMILES string of the molecule is c1ccc(-c2nc(-c3ccccc3)nc(-n3c4ccccc4c4cccc(-c5ccc6c(c5)sc5ccc7ccccc7c56)c43)n2)cc1. The van der Waals surface area contributed by atoms with E-state index in [9.17, 15) is 0 Å². The van der Waals surface area contributed by atoms with Crippen LogP contribution in [0.5, 0.6) is 0 Å². The van der Waals surface area contributed by atoms with Gasteiger partial charge in [0, 0.05) is 47.6 Å². The third-order valence-corrected chi connectivity index (χ3v) is 10.4. The first-order valence-corrected chi connectivity index (χ1v) is 16.9. The highest BCUT2D eigenvalue weighted by molar-refractivity contribution is 7.26. The lowest BCUT2D eigenvalue weighted by Crippen LogP contribution is -2.06. The van der Waals surface area contributed by atoms with Crippen LogP contribution in [-0.2, 0) is 0 Å². The molecule has 0 fully saturated rings. The van der Waals surface area contributed by atoms with Crippen molar-refractivity contribution in [3.8, 4) is 39.9 Å². The number of fused-ring (bicyclic) bond motifs is 8. The molecule has 10 rings (SSSR count). The van der Waals surface area contributed by atoms with Crippen molar-refractivity contribution in [3.63, 3.8) is 0 Å². The lowest BCUT2D eigenvalue weighted by Gasteiger charge is -2.13. The van der Waals surface area contributed by atoms with Crippen LogP contribution in [0.2, 0.25) is 0 Å². The highest BCUT2D eigenvalue weighted by Gasteiger charge is 2.21. The average Bonchev–Trinajstić information content (AvgIpc) is 3.71. The smallest absolute Gasteiger partial charge is 0.238 e. The molecule has 10 aromatic rings. The molecule has 0 aliphatic carbocycles. The van der Waals surface area contributed by atoms with Crippen LogP contribution < -0.4 is 0 Å². The van der Waals surface area contributed by atoms with E-state index in [1.54, 1.807) is 0 Å². The Bertz CT molecular complexity index is 2780. The van der Waals surface area contributed by atoms with Crippen molar-refractivity contribution in [1.82, 2.24) is 19.5 Å². The van der Waals surface area contributed by atoms with Gasteiger partial charge in [-0.2, -0.15) is 9.97 Å². The van der Waals surface area contributed by atoms with E-state index in [0.717, 1.165) is 44.1 Å². The van der Waals surface area contributed by atoms with Crippen molar-refractivity contribution in [2.75, 3.05) is 0 Å². The molecule has 4 nitrogen and oxygen atoms in total. The van der Waals surface area contributed by atoms with Gasteiger partial charge >= 0.3 is 0 Å². The Morgan fingerprint density at radius 1 is 0.438 bits per heavy atom. The summed E-state index contributed by atoms with van der Waals surface area (Å²) in [6, 6.07) is 55.5. The monoisotopic (exact) mass is 630 g/mol. The topological polar surface area (TPSA) is 43.6 Å². The van der Waals surface area contributed by atoms with Crippen molar-refractivity contribution in [2.24, 2.45) is 0 Å². The molecule has 0 unspecified atom stereocenters. The minimum absolute atomic E-state index is 0.593. The van der Waals surface area contributed by atoms with E-state index in [2.05, 4.69) is 126 Å². The van der Waals surface area contributed by atoms with Gasteiger partial charge in [0.2, 0.25) is 5.95 Å². The van der Waals surface area contributed by atoms with E-state index < -0.39 is 0 Å². The molecule has 0 saturated carbocycles. The van der Waals surface area contributed by atoms with Crippen LogP contribution in [-0.4, -0.2) is 19.5 Å². The molecule has 7 aromatic carbocycles. The standard InChI is InChI=1S/C43H26N4S/c1-3-13-28(14-4-1)41-44-42(29-15-5-2-6-16-29)46-43(45-41)47-36-21-10-9-18-33(36)34-20-11-19-32(40(34)47)30-22-24-35-38(26-30)48-37-25-23-27-12-7-8-17-31(27)39(35)37/h1-26H. The van der Waals surface area contributed by atoms with E-state index in [4.69, 9.17) is 15.0 Å². The Kier molecular flexibility index (Phi) is 6.01. The maximum absolute atomic E-state index is 5.16. The second-order valence-corrected chi connectivity index (χ2v) is 13.1. The quantitative estimate of drug-likeness (QED) is 0.194. The number of aromatic nitrogens is 4. The zero-order chi connectivity index (χ0) is 31.6.